The second-order valence-electron chi connectivity index (χ2n) is 5.78. The summed E-state index contributed by atoms with van der Waals surface area (Å²) in [4.78, 5) is 0. The van der Waals surface area contributed by atoms with E-state index in [2.05, 4.69) is 13.8 Å². The van der Waals surface area contributed by atoms with Crippen molar-refractivity contribution >= 4 is 6.08 Å². The van der Waals surface area contributed by atoms with Crippen molar-refractivity contribution in [2.75, 3.05) is 6.61 Å². The Morgan fingerprint density at radius 1 is 1.17 bits per heavy atom. The van der Waals surface area contributed by atoms with E-state index in [1.54, 1.807) is 6.07 Å². The molecule has 0 N–H and O–H groups in total. The molecule has 0 radical (unpaired) electrons. The summed E-state index contributed by atoms with van der Waals surface area (Å²) < 4.78 is 49.4. The molecular formula is C18H23F3O2. The molecule has 0 fully saturated rings. The Kier molecular flexibility index (Phi) is 5.60. The van der Waals surface area contributed by atoms with Crippen molar-refractivity contribution in [3.63, 3.8) is 0 Å². The molecule has 0 saturated carbocycles. The summed E-state index contributed by atoms with van der Waals surface area (Å²) >= 11 is 0. The maximum Gasteiger partial charge on any atom is 0.429 e. The van der Waals surface area contributed by atoms with Gasteiger partial charge in [-0.05, 0) is 30.0 Å². The SMILES string of the molecule is CCc1cc2c(cc1OCC(CC)CC)OC(C(F)(F)F)C=C2. The van der Waals surface area contributed by atoms with E-state index in [9.17, 15) is 13.2 Å². The highest BCUT2D eigenvalue weighted by Crippen LogP contribution is 2.37. The van der Waals surface area contributed by atoms with Crippen LogP contribution in [0.1, 0.15) is 44.7 Å². The fraction of sp³-hybridized carbons (Fsp3) is 0.556. The molecule has 128 valence electrons. The van der Waals surface area contributed by atoms with Gasteiger partial charge in [0.15, 0.2) is 0 Å². The van der Waals surface area contributed by atoms with Crippen LogP contribution in [-0.4, -0.2) is 18.9 Å². The molecule has 5 heteroatoms. The number of benzene rings is 1. The highest BCUT2D eigenvalue weighted by molar-refractivity contribution is 5.64. The van der Waals surface area contributed by atoms with E-state index in [4.69, 9.17) is 9.47 Å². The van der Waals surface area contributed by atoms with E-state index < -0.39 is 12.3 Å². The minimum absolute atomic E-state index is 0.228. The van der Waals surface area contributed by atoms with E-state index in [1.807, 2.05) is 13.0 Å². The van der Waals surface area contributed by atoms with Crippen molar-refractivity contribution in [2.24, 2.45) is 5.92 Å². The number of ether oxygens (including phenoxy) is 2. The maximum atomic E-state index is 12.8. The molecule has 0 bridgehead atoms. The molecular weight excluding hydrogens is 305 g/mol. The summed E-state index contributed by atoms with van der Waals surface area (Å²) in [6, 6.07) is 3.44. The normalized spacial score (nSPS) is 17.1. The monoisotopic (exact) mass is 328 g/mol. The fourth-order valence-corrected chi connectivity index (χ4v) is 2.54. The summed E-state index contributed by atoms with van der Waals surface area (Å²) in [7, 11) is 0. The van der Waals surface area contributed by atoms with Gasteiger partial charge in [0.25, 0.3) is 0 Å². The molecule has 1 aliphatic heterocycles. The fourth-order valence-electron chi connectivity index (χ4n) is 2.54. The Morgan fingerprint density at radius 2 is 1.87 bits per heavy atom. The van der Waals surface area contributed by atoms with Crippen molar-refractivity contribution < 1.29 is 22.6 Å². The highest BCUT2D eigenvalue weighted by Gasteiger charge is 2.41. The van der Waals surface area contributed by atoms with Crippen LogP contribution in [-0.2, 0) is 6.42 Å². The molecule has 1 atom stereocenters. The number of halogens is 3. The average molecular weight is 328 g/mol. The molecule has 1 unspecified atom stereocenters. The first-order valence-electron chi connectivity index (χ1n) is 8.10. The van der Waals surface area contributed by atoms with Gasteiger partial charge in [0.05, 0.1) is 6.61 Å². The molecule has 1 aromatic rings. The largest absolute Gasteiger partial charge is 0.493 e. The minimum Gasteiger partial charge on any atom is -0.493 e. The van der Waals surface area contributed by atoms with Crippen molar-refractivity contribution in [3.8, 4) is 11.5 Å². The van der Waals surface area contributed by atoms with Crippen molar-refractivity contribution in [3.05, 3.63) is 29.3 Å². The first-order valence-corrected chi connectivity index (χ1v) is 8.10. The van der Waals surface area contributed by atoms with E-state index >= 15 is 0 Å². The van der Waals surface area contributed by atoms with Gasteiger partial charge < -0.3 is 9.47 Å². The summed E-state index contributed by atoms with van der Waals surface area (Å²) in [5.74, 6) is 1.29. The van der Waals surface area contributed by atoms with E-state index in [0.717, 1.165) is 30.9 Å². The predicted molar refractivity (Wildman–Crippen MR) is 84.9 cm³/mol. The quantitative estimate of drug-likeness (QED) is 0.696. The van der Waals surface area contributed by atoms with Crippen molar-refractivity contribution in [1.82, 2.24) is 0 Å². The van der Waals surface area contributed by atoms with Crippen LogP contribution >= 0.6 is 0 Å². The highest BCUT2D eigenvalue weighted by atomic mass is 19.4. The van der Waals surface area contributed by atoms with Gasteiger partial charge in [-0.3, -0.25) is 0 Å². The molecule has 2 rings (SSSR count). The number of rotatable bonds is 6. The standard InChI is InChI=1S/C18H23F3O2/c1-4-12(5-2)11-22-15-10-16-14(9-13(15)6-3)7-8-17(23-16)18(19,20)21/h7-10,12,17H,4-6,11H2,1-3H3. The molecule has 23 heavy (non-hydrogen) atoms. The van der Waals surface area contributed by atoms with Gasteiger partial charge in [-0.1, -0.05) is 39.7 Å². The lowest BCUT2D eigenvalue weighted by atomic mass is 10.0. The Balaban J connectivity index is 2.23. The van der Waals surface area contributed by atoms with Crippen LogP contribution in [0, 0.1) is 5.92 Å². The van der Waals surface area contributed by atoms with Gasteiger partial charge in [0, 0.05) is 11.6 Å². The van der Waals surface area contributed by atoms with E-state index in [0.29, 0.717) is 23.8 Å². The Morgan fingerprint density at radius 3 is 2.43 bits per heavy atom. The summed E-state index contributed by atoms with van der Waals surface area (Å²) in [5, 5.41) is 0. The predicted octanol–water partition coefficient (Wildman–Crippen LogP) is 5.40. The second kappa shape index (κ2) is 7.28. The summed E-state index contributed by atoms with van der Waals surface area (Å²) in [6.45, 7) is 6.77. The van der Waals surface area contributed by atoms with Crippen LogP contribution in [0.15, 0.2) is 18.2 Å². The lowest BCUT2D eigenvalue weighted by Gasteiger charge is -2.25. The van der Waals surface area contributed by atoms with Crippen LogP contribution in [0.2, 0.25) is 0 Å². The van der Waals surface area contributed by atoms with Gasteiger partial charge in [-0.15, -0.1) is 0 Å². The molecule has 0 amide bonds. The topological polar surface area (TPSA) is 18.5 Å². The zero-order chi connectivity index (χ0) is 17.0. The molecule has 2 nitrogen and oxygen atoms in total. The summed E-state index contributed by atoms with van der Waals surface area (Å²) in [6.07, 6.45) is -1.01. The van der Waals surface area contributed by atoms with E-state index in [-0.39, 0.29) is 5.75 Å². The van der Waals surface area contributed by atoms with Crippen molar-refractivity contribution in [2.45, 2.75) is 52.3 Å². The molecule has 0 spiro atoms. The molecule has 0 saturated heterocycles. The van der Waals surface area contributed by atoms with Crippen molar-refractivity contribution in [1.29, 1.82) is 0 Å². The smallest absolute Gasteiger partial charge is 0.429 e. The lowest BCUT2D eigenvalue weighted by molar-refractivity contribution is -0.180. The lowest BCUT2D eigenvalue weighted by Crippen LogP contribution is -2.33. The molecule has 0 aromatic heterocycles. The van der Waals surface area contributed by atoms with Gasteiger partial charge in [-0.2, -0.15) is 13.2 Å². The molecule has 0 aliphatic carbocycles. The van der Waals surface area contributed by atoms with Gasteiger partial charge >= 0.3 is 6.18 Å². The third kappa shape index (κ3) is 4.21. The zero-order valence-electron chi connectivity index (χ0n) is 13.7. The van der Waals surface area contributed by atoms with Crippen LogP contribution in [0.3, 0.4) is 0 Å². The van der Waals surface area contributed by atoms with Crippen LogP contribution in [0.5, 0.6) is 11.5 Å². The van der Waals surface area contributed by atoms with Gasteiger partial charge in [0.2, 0.25) is 6.10 Å². The Bertz CT molecular complexity index is 560. The summed E-state index contributed by atoms with van der Waals surface area (Å²) in [5.41, 5.74) is 1.64. The van der Waals surface area contributed by atoms with Crippen LogP contribution in [0.25, 0.3) is 6.08 Å². The number of aryl methyl sites for hydroxylation is 1. The van der Waals surface area contributed by atoms with Gasteiger partial charge in [-0.25, -0.2) is 0 Å². The third-order valence-electron chi connectivity index (χ3n) is 4.23. The average Bonchev–Trinajstić information content (AvgIpc) is 2.53. The number of hydrogen-bond acceptors (Lipinski definition) is 2. The Hall–Kier alpha value is -1.65. The third-order valence-corrected chi connectivity index (χ3v) is 4.23. The zero-order valence-corrected chi connectivity index (χ0v) is 13.7. The second-order valence-corrected chi connectivity index (χ2v) is 5.78. The molecule has 1 aromatic carbocycles. The van der Waals surface area contributed by atoms with E-state index in [1.165, 1.54) is 6.08 Å². The van der Waals surface area contributed by atoms with Crippen LogP contribution in [0.4, 0.5) is 13.2 Å². The number of alkyl halides is 3. The maximum absolute atomic E-state index is 12.8. The number of fused-ring (bicyclic) bond motifs is 1. The first kappa shape index (κ1) is 17.7. The number of hydrogen-bond donors (Lipinski definition) is 0. The Labute approximate surface area is 135 Å². The molecule has 1 aliphatic rings. The van der Waals surface area contributed by atoms with Crippen LogP contribution < -0.4 is 9.47 Å². The van der Waals surface area contributed by atoms with Gasteiger partial charge in [0.1, 0.15) is 11.5 Å². The minimum atomic E-state index is -4.41. The molecule has 1 heterocycles. The first-order chi connectivity index (χ1) is 10.9.